The molecule has 0 aliphatic carbocycles. The second-order valence-corrected chi connectivity index (χ2v) is 5.93. The van der Waals surface area contributed by atoms with E-state index in [1.165, 1.54) is 0 Å². The number of carboxylic acid groups (broad SMARTS) is 1. The molecule has 0 aliphatic heterocycles. The second-order valence-electron chi connectivity index (χ2n) is 5.01. The van der Waals surface area contributed by atoms with Crippen molar-refractivity contribution in [3.63, 3.8) is 0 Å². The molecule has 0 saturated carbocycles. The highest BCUT2D eigenvalue weighted by molar-refractivity contribution is 9.10. The Kier molecular flexibility index (Phi) is 4.96. The topological polar surface area (TPSA) is 66.4 Å². The Labute approximate surface area is 131 Å². The van der Waals surface area contributed by atoms with Gasteiger partial charge in [0.1, 0.15) is 0 Å². The number of rotatable bonds is 5. The van der Waals surface area contributed by atoms with Crippen LogP contribution >= 0.6 is 15.9 Å². The van der Waals surface area contributed by atoms with Crippen molar-refractivity contribution in [2.24, 2.45) is 0 Å². The fourth-order valence-corrected chi connectivity index (χ4v) is 2.46. The van der Waals surface area contributed by atoms with E-state index in [1.807, 2.05) is 30.3 Å². The first kappa shape index (κ1) is 15.5. The van der Waals surface area contributed by atoms with Crippen LogP contribution in [0.3, 0.4) is 0 Å². The SMILES string of the molecule is CC(CCC(=O)O)NC(=O)c1ccc2cc(Br)ccc2c1. The molecule has 5 heteroatoms. The van der Waals surface area contributed by atoms with Gasteiger partial charge in [0, 0.05) is 22.5 Å². The Morgan fingerprint density at radius 3 is 2.57 bits per heavy atom. The van der Waals surface area contributed by atoms with Crippen LogP contribution in [0.5, 0.6) is 0 Å². The van der Waals surface area contributed by atoms with Gasteiger partial charge in [-0.15, -0.1) is 0 Å². The zero-order chi connectivity index (χ0) is 15.4. The van der Waals surface area contributed by atoms with Crippen LogP contribution in [0, 0.1) is 0 Å². The number of hydrogen-bond donors (Lipinski definition) is 2. The van der Waals surface area contributed by atoms with Crippen molar-refractivity contribution in [3.05, 3.63) is 46.4 Å². The number of amides is 1. The average Bonchev–Trinajstić information content (AvgIpc) is 2.44. The van der Waals surface area contributed by atoms with Gasteiger partial charge in [-0.2, -0.15) is 0 Å². The fraction of sp³-hybridized carbons (Fsp3) is 0.250. The molecule has 0 fully saturated rings. The fourth-order valence-electron chi connectivity index (χ4n) is 2.08. The molecule has 110 valence electrons. The van der Waals surface area contributed by atoms with Gasteiger partial charge in [-0.25, -0.2) is 0 Å². The van der Waals surface area contributed by atoms with Crippen molar-refractivity contribution in [3.8, 4) is 0 Å². The lowest BCUT2D eigenvalue weighted by molar-refractivity contribution is -0.137. The average molecular weight is 350 g/mol. The number of carboxylic acids is 1. The summed E-state index contributed by atoms with van der Waals surface area (Å²) >= 11 is 3.41. The Morgan fingerprint density at radius 2 is 1.86 bits per heavy atom. The van der Waals surface area contributed by atoms with Gasteiger partial charge < -0.3 is 10.4 Å². The summed E-state index contributed by atoms with van der Waals surface area (Å²) in [6.07, 6.45) is 0.467. The number of fused-ring (bicyclic) bond motifs is 1. The summed E-state index contributed by atoms with van der Waals surface area (Å²) in [6, 6.07) is 11.2. The van der Waals surface area contributed by atoms with Crippen LogP contribution in [-0.4, -0.2) is 23.0 Å². The van der Waals surface area contributed by atoms with Crippen LogP contribution in [0.2, 0.25) is 0 Å². The Balaban J connectivity index is 2.08. The Hall–Kier alpha value is -1.88. The molecular formula is C16H16BrNO3. The summed E-state index contributed by atoms with van der Waals surface area (Å²) in [5, 5.41) is 13.5. The van der Waals surface area contributed by atoms with Crippen LogP contribution in [0.4, 0.5) is 0 Å². The summed E-state index contributed by atoms with van der Waals surface area (Å²) in [6.45, 7) is 1.80. The van der Waals surface area contributed by atoms with Crippen molar-refractivity contribution in [1.29, 1.82) is 0 Å². The number of benzene rings is 2. The van der Waals surface area contributed by atoms with Gasteiger partial charge in [0.15, 0.2) is 0 Å². The second kappa shape index (κ2) is 6.72. The summed E-state index contributed by atoms with van der Waals surface area (Å²) in [5.74, 6) is -1.04. The molecule has 0 aliphatic rings. The molecule has 2 rings (SSSR count). The predicted octanol–water partition coefficient (Wildman–Crippen LogP) is 3.59. The highest BCUT2D eigenvalue weighted by Gasteiger charge is 2.11. The molecule has 0 aromatic heterocycles. The van der Waals surface area contributed by atoms with Gasteiger partial charge in [0.2, 0.25) is 0 Å². The number of aliphatic carboxylic acids is 1. The lowest BCUT2D eigenvalue weighted by atomic mass is 10.1. The van der Waals surface area contributed by atoms with Gasteiger partial charge in [-0.1, -0.05) is 28.1 Å². The van der Waals surface area contributed by atoms with E-state index in [4.69, 9.17) is 5.11 Å². The van der Waals surface area contributed by atoms with Crippen molar-refractivity contribution in [2.75, 3.05) is 0 Å². The molecule has 0 heterocycles. The molecule has 21 heavy (non-hydrogen) atoms. The lowest BCUT2D eigenvalue weighted by Gasteiger charge is -2.13. The summed E-state index contributed by atoms with van der Waals surface area (Å²) < 4.78 is 0.995. The molecule has 1 amide bonds. The van der Waals surface area contributed by atoms with Crippen LogP contribution in [0.25, 0.3) is 10.8 Å². The number of halogens is 1. The predicted molar refractivity (Wildman–Crippen MR) is 85.4 cm³/mol. The van der Waals surface area contributed by atoms with Gasteiger partial charge >= 0.3 is 5.97 Å². The summed E-state index contributed by atoms with van der Waals surface area (Å²) in [5.41, 5.74) is 0.576. The molecule has 0 spiro atoms. The molecule has 0 bridgehead atoms. The normalized spacial score (nSPS) is 12.1. The van der Waals surface area contributed by atoms with Crippen LogP contribution < -0.4 is 5.32 Å². The van der Waals surface area contributed by atoms with E-state index in [0.29, 0.717) is 12.0 Å². The van der Waals surface area contributed by atoms with Gasteiger partial charge in [-0.3, -0.25) is 9.59 Å². The van der Waals surface area contributed by atoms with Crippen LogP contribution in [-0.2, 0) is 4.79 Å². The van der Waals surface area contributed by atoms with E-state index in [0.717, 1.165) is 15.2 Å². The zero-order valence-electron chi connectivity index (χ0n) is 11.6. The number of hydrogen-bond acceptors (Lipinski definition) is 2. The first-order chi connectivity index (χ1) is 9.95. The van der Waals surface area contributed by atoms with Crippen LogP contribution in [0.15, 0.2) is 40.9 Å². The van der Waals surface area contributed by atoms with E-state index in [1.54, 1.807) is 13.0 Å². The minimum absolute atomic E-state index is 0.0488. The van der Waals surface area contributed by atoms with Gasteiger partial charge in [0.05, 0.1) is 0 Å². The van der Waals surface area contributed by atoms with Gasteiger partial charge in [0.25, 0.3) is 5.91 Å². The highest BCUT2D eigenvalue weighted by atomic mass is 79.9. The molecule has 2 N–H and O–H groups in total. The lowest BCUT2D eigenvalue weighted by Crippen LogP contribution is -2.32. The van der Waals surface area contributed by atoms with Crippen molar-refractivity contribution >= 4 is 38.6 Å². The first-order valence-corrected chi connectivity index (χ1v) is 7.47. The monoisotopic (exact) mass is 349 g/mol. The highest BCUT2D eigenvalue weighted by Crippen LogP contribution is 2.21. The maximum atomic E-state index is 12.1. The molecule has 2 aromatic carbocycles. The molecule has 1 unspecified atom stereocenters. The molecular weight excluding hydrogens is 334 g/mol. The number of carbonyl (C=O) groups is 2. The van der Waals surface area contributed by atoms with Gasteiger partial charge in [-0.05, 0) is 48.4 Å². The Morgan fingerprint density at radius 1 is 1.19 bits per heavy atom. The molecule has 0 radical (unpaired) electrons. The van der Waals surface area contributed by atoms with E-state index >= 15 is 0 Å². The third-order valence-electron chi connectivity index (χ3n) is 3.23. The summed E-state index contributed by atoms with van der Waals surface area (Å²) in [7, 11) is 0. The van der Waals surface area contributed by atoms with Crippen LogP contribution in [0.1, 0.15) is 30.1 Å². The van der Waals surface area contributed by atoms with E-state index in [9.17, 15) is 9.59 Å². The van der Waals surface area contributed by atoms with E-state index in [2.05, 4.69) is 21.2 Å². The van der Waals surface area contributed by atoms with E-state index < -0.39 is 5.97 Å². The number of nitrogens with one attached hydrogen (secondary N) is 1. The minimum Gasteiger partial charge on any atom is -0.481 e. The summed E-state index contributed by atoms with van der Waals surface area (Å²) in [4.78, 5) is 22.7. The van der Waals surface area contributed by atoms with Crippen molar-refractivity contribution < 1.29 is 14.7 Å². The maximum Gasteiger partial charge on any atom is 0.303 e. The minimum atomic E-state index is -0.854. The molecule has 4 nitrogen and oxygen atoms in total. The first-order valence-electron chi connectivity index (χ1n) is 6.67. The maximum absolute atomic E-state index is 12.1. The molecule has 2 aromatic rings. The van der Waals surface area contributed by atoms with E-state index in [-0.39, 0.29) is 18.4 Å². The Bertz CT molecular complexity index is 684. The zero-order valence-corrected chi connectivity index (χ0v) is 13.2. The third kappa shape index (κ3) is 4.29. The van der Waals surface area contributed by atoms with Crippen molar-refractivity contribution in [1.82, 2.24) is 5.32 Å². The molecule has 0 saturated heterocycles. The quantitative estimate of drug-likeness (QED) is 0.866. The third-order valence-corrected chi connectivity index (χ3v) is 3.73. The standard InChI is InChI=1S/C16H16BrNO3/c1-10(2-7-15(19)20)18-16(21)13-4-3-12-9-14(17)6-5-11(12)8-13/h3-6,8-10H,2,7H2,1H3,(H,18,21)(H,19,20). The largest absolute Gasteiger partial charge is 0.481 e. The molecule has 1 atom stereocenters. The number of carbonyl (C=O) groups excluding carboxylic acids is 1. The van der Waals surface area contributed by atoms with Crippen molar-refractivity contribution in [2.45, 2.75) is 25.8 Å². The smallest absolute Gasteiger partial charge is 0.303 e.